The van der Waals surface area contributed by atoms with Gasteiger partial charge in [0.15, 0.2) is 0 Å². The molecule has 0 unspecified atom stereocenters. The molecule has 0 bridgehead atoms. The van der Waals surface area contributed by atoms with Crippen molar-refractivity contribution in [3.8, 4) is 22.8 Å². The number of aromatic nitrogens is 2. The van der Waals surface area contributed by atoms with Gasteiger partial charge in [0.05, 0.1) is 26.0 Å². The van der Waals surface area contributed by atoms with Crippen molar-refractivity contribution >= 4 is 5.91 Å². The summed E-state index contributed by atoms with van der Waals surface area (Å²) in [4.78, 5) is 12.3. The summed E-state index contributed by atoms with van der Waals surface area (Å²) in [5.74, 6) is 1.52. The molecule has 29 heavy (non-hydrogen) atoms. The number of methoxy groups -OCH3 is 1. The van der Waals surface area contributed by atoms with Crippen LogP contribution in [0.1, 0.15) is 29.1 Å². The third-order valence-corrected chi connectivity index (χ3v) is 4.91. The quantitative estimate of drug-likeness (QED) is 0.646. The van der Waals surface area contributed by atoms with E-state index in [1.807, 2.05) is 61.5 Å². The lowest BCUT2D eigenvalue weighted by Crippen LogP contribution is -2.45. The molecule has 2 heterocycles. The second kappa shape index (κ2) is 8.36. The number of hydrogen-bond donors (Lipinski definition) is 2. The van der Waals surface area contributed by atoms with Crippen LogP contribution in [0.2, 0.25) is 0 Å². The highest BCUT2D eigenvalue weighted by atomic mass is 16.5. The van der Waals surface area contributed by atoms with Gasteiger partial charge in [-0.3, -0.25) is 10.1 Å². The molecule has 0 aliphatic carbocycles. The normalized spacial score (nSPS) is 15.5. The maximum absolute atomic E-state index is 12.3. The number of carbonyl (C=O) groups is 1. The van der Waals surface area contributed by atoms with Crippen LogP contribution < -0.4 is 20.1 Å². The van der Waals surface area contributed by atoms with E-state index in [9.17, 15) is 4.79 Å². The first-order chi connectivity index (χ1) is 14.2. The van der Waals surface area contributed by atoms with Gasteiger partial charge < -0.3 is 14.8 Å². The lowest BCUT2D eigenvalue weighted by Gasteiger charge is -2.26. The van der Waals surface area contributed by atoms with Crippen molar-refractivity contribution in [1.29, 1.82) is 0 Å². The number of fused-ring (bicyclic) bond motifs is 1. The monoisotopic (exact) mass is 392 g/mol. The van der Waals surface area contributed by atoms with Crippen molar-refractivity contribution < 1.29 is 14.3 Å². The molecule has 150 valence electrons. The Morgan fingerprint density at radius 3 is 2.76 bits per heavy atom. The van der Waals surface area contributed by atoms with Crippen LogP contribution in [0.15, 0.2) is 54.6 Å². The van der Waals surface area contributed by atoms with Gasteiger partial charge in [-0.25, -0.2) is 4.68 Å². The topological polar surface area (TPSA) is 77.4 Å². The predicted octanol–water partition coefficient (Wildman–Crippen LogP) is 2.99. The summed E-state index contributed by atoms with van der Waals surface area (Å²) in [6, 6.07) is 17.4. The maximum Gasteiger partial charge on any atom is 0.269 e. The Morgan fingerprint density at radius 2 is 2.00 bits per heavy atom. The first-order valence-electron chi connectivity index (χ1n) is 9.66. The molecule has 1 atom stereocenters. The van der Waals surface area contributed by atoms with Crippen LogP contribution in [-0.4, -0.2) is 35.9 Å². The van der Waals surface area contributed by atoms with E-state index in [0.717, 1.165) is 28.3 Å². The first kappa shape index (κ1) is 19.0. The Balaban J connectivity index is 1.56. The number of hydrogen-bond acceptors (Lipinski definition) is 5. The van der Waals surface area contributed by atoms with Gasteiger partial charge in [-0.05, 0) is 43.3 Å². The molecule has 2 N–H and O–H groups in total. The van der Waals surface area contributed by atoms with E-state index in [1.165, 1.54) is 0 Å². The van der Waals surface area contributed by atoms with Crippen molar-refractivity contribution in [2.75, 3.05) is 20.3 Å². The summed E-state index contributed by atoms with van der Waals surface area (Å²) >= 11 is 0. The Hall–Kier alpha value is -3.32. The molecule has 0 radical (unpaired) electrons. The second-order valence-corrected chi connectivity index (χ2v) is 6.74. The van der Waals surface area contributed by atoms with Crippen LogP contribution in [0, 0.1) is 0 Å². The largest absolute Gasteiger partial charge is 0.497 e. The summed E-state index contributed by atoms with van der Waals surface area (Å²) < 4.78 is 12.7. The minimum atomic E-state index is -0.149. The molecule has 4 rings (SSSR count). The second-order valence-electron chi connectivity index (χ2n) is 6.74. The fourth-order valence-corrected chi connectivity index (χ4v) is 3.40. The fourth-order valence-electron chi connectivity index (χ4n) is 3.40. The number of carbonyl (C=O) groups excluding carboxylic acids is 1. The van der Waals surface area contributed by atoms with Gasteiger partial charge >= 0.3 is 0 Å². The molecule has 3 aromatic rings. The first-order valence-corrected chi connectivity index (χ1v) is 9.66. The summed E-state index contributed by atoms with van der Waals surface area (Å²) in [7, 11) is 1.63. The number of rotatable bonds is 7. The minimum Gasteiger partial charge on any atom is -0.497 e. The average molecular weight is 392 g/mol. The molecule has 7 heteroatoms. The standard InChI is InChI=1S/C22H24N4O3/c1-3-29-20-7-5-4-6-16(20)13-23-21-14-24-22(27)19-12-18(25-26(19)21)15-8-10-17(28-2)11-9-15/h4-12,21,23H,3,13-14H2,1-2H3,(H,24,27)/t21-/m0/s1. The van der Waals surface area contributed by atoms with Gasteiger partial charge in [0.1, 0.15) is 23.4 Å². The minimum absolute atomic E-state index is 0.120. The molecular formula is C22H24N4O3. The van der Waals surface area contributed by atoms with Crippen LogP contribution in [0.5, 0.6) is 11.5 Å². The zero-order chi connectivity index (χ0) is 20.2. The molecule has 0 saturated carbocycles. The van der Waals surface area contributed by atoms with Crippen molar-refractivity contribution in [1.82, 2.24) is 20.4 Å². The zero-order valence-electron chi connectivity index (χ0n) is 16.5. The molecule has 1 amide bonds. The molecule has 0 spiro atoms. The molecule has 0 fully saturated rings. The predicted molar refractivity (Wildman–Crippen MR) is 110 cm³/mol. The van der Waals surface area contributed by atoms with Crippen molar-refractivity contribution in [2.45, 2.75) is 19.6 Å². The van der Waals surface area contributed by atoms with Crippen molar-refractivity contribution in [3.05, 3.63) is 65.9 Å². The zero-order valence-corrected chi connectivity index (χ0v) is 16.5. The molecule has 7 nitrogen and oxygen atoms in total. The number of para-hydroxylation sites is 1. The van der Waals surface area contributed by atoms with Gasteiger partial charge in [-0.1, -0.05) is 18.2 Å². The van der Waals surface area contributed by atoms with Gasteiger partial charge in [0, 0.05) is 17.7 Å². The number of nitrogens with zero attached hydrogens (tertiary/aromatic N) is 2. The Labute approximate surface area is 169 Å². The molecule has 1 aliphatic heterocycles. The molecule has 1 aromatic heterocycles. The fraction of sp³-hybridized carbons (Fsp3) is 0.273. The average Bonchev–Trinajstić information content (AvgIpc) is 3.21. The Kier molecular flexibility index (Phi) is 5.48. The van der Waals surface area contributed by atoms with Crippen molar-refractivity contribution in [2.24, 2.45) is 0 Å². The molecule has 0 saturated heterocycles. The summed E-state index contributed by atoms with van der Waals surface area (Å²) in [6.07, 6.45) is -0.149. The highest BCUT2D eigenvalue weighted by Crippen LogP contribution is 2.25. The van der Waals surface area contributed by atoms with Gasteiger partial charge in [-0.2, -0.15) is 5.10 Å². The van der Waals surface area contributed by atoms with Crippen LogP contribution >= 0.6 is 0 Å². The third kappa shape index (κ3) is 3.95. The SMILES string of the molecule is CCOc1ccccc1CN[C@@H]1CNC(=O)c2cc(-c3ccc(OC)cc3)nn21. The third-order valence-electron chi connectivity index (χ3n) is 4.91. The lowest BCUT2D eigenvalue weighted by atomic mass is 10.1. The molecule has 1 aliphatic rings. The summed E-state index contributed by atoms with van der Waals surface area (Å²) in [5, 5.41) is 11.1. The van der Waals surface area contributed by atoms with E-state index in [-0.39, 0.29) is 12.1 Å². The smallest absolute Gasteiger partial charge is 0.269 e. The van der Waals surface area contributed by atoms with E-state index < -0.39 is 0 Å². The summed E-state index contributed by atoms with van der Waals surface area (Å²) in [5.41, 5.74) is 3.29. The molecule has 2 aromatic carbocycles. The maximum atomic E-state index is 12.3. The van der Waals surface area contributed by atoms with Gasteiger partial charge in [0.25, 0.3) is 5.91 Å². The number of amides is 1. The van der Waals surface area contributed by atoms with Crippen LogP contribution in [-0.2, 0) is 6.54 Å². The van der Waals surface area contributed by atoms with Crippen LogP contribution in [0.3, 0.4) is 0 Å². The van der Waals surface area contributed by atoms with Crippen LogP contribution in [0.25, 0.3) is 11.3 Å². The number of benzene rings is 2. The van der Waals surface area contributed by atoms with Gasteiger partial charge in [0.2, 0.25) is 0 Å². The van der Waals surface area contributed by atoms with Gasteiger partial charge in [-0.15, -0.1) is 0 Å². The van der Waals surface area contributed by atoms with E-state index in [4.69, 9.17) is 14.6 Å². The Morgan fingerprint density at radius 1 is 1.21 bits per heavy atom. The van der Waals surface area contributed by atoms with E-state index in [2.05, 4.69) is 10.6 Å². The van der Waals surface area contributed by atoms with E-state index >= 15 is 0 Å². The highest BCUT2D eigenvalue weighted by molar-refractivity contribution is 5.94. The van der Waals surface area contributed by atoms with Crippen LogP contribution in [0.4, 0.5) is 0 Å². The Bertz CT molecular complexity index is 998. The number of nitrogens with one attached hydrogen (secondary N) is 2. The van der Waals surface area contributed by atoms with E-state index in [0.29, 0.717) is 25.4 Å². The highest BCUT2D eigenvalue weighted by Gasteiger charge is 2.27. The van der Waals surface area contributed by atoms with E-state index in [1.54, 1.807) is 11.8 Å². The van der Waals surface area contributed by atoms with Crippen molar-refractivity contribution in [3.63, 3.8) is 0 Å². The molecular weight excluding hydrogens is 368 g/mol. The lowest BCUT2D eigenvalue weighted by molar-refractivity contribution is 0.0900. The summed E-state index contributed by atoms with van der Waals surface area (Å²) in [6.45, 7) is 3.66. The number of ether oxygens (including phenoxy) is 2.